The molecule has 1 N–H and O–H groups in total. The van der Waals surface area contributed by atoms with Crippen LogP contribution in [0.3, 0.4) is 0 Å². The number of hydrogen-bond donors (Lipinski definition) is 1. The van der Waals surface area contributed by atoms with Crippen molar-refractivity contribution < 1.29 is 9.53 Å². The summed E-state index contributed by atoms with van der Waals surface area (Å²) in [5.74, 6) is 0. The van der Waals surface area contributed by atoms with Gasteiger partial charge in [-0.3, -0.25) is 4.98 Å². The zero-order valence-corrected chi connectivity index (χ0v) is 15.0. The van der Waals surface area contributed by atoms with Crippen molar-refractivity contribution in [2.75, 3.05) is 13.1 Å². The van der Waals surface area contributed by atoms with E-state index in [-0.39, 0.29) is 6.09 Å². The van der Waals surface area contributed by atoms with Gasteiger partial charge in [0, 0.05) is 37.1 Å². The molecule has 5 heteroatoms. The van der Waals surface area contributed by atoms with E-state index in [4.69, 9.17) is 4.74 Å². The van der Waals surface area contributed by atoms with E-state index in [1.807, 2.05) is 39.5 Å². The van der Waals surface area contributed by atoms with Crippen molar-refractivity contribution >= 4 is 6.09 Å². The third-order valence-electron chi connectivity index (χ3n) is 3.81. The SMILES string of the molecule is Cc1cc(CN[C@H]2CCCN(C(=O)OC(C)(C)C)C2)cc(C)n1. The van der Waals surface area contributed by atoms with E-state index in [1.54, 1.807) is 0 Å². The topological polar surface area (TPSA) is 54.5 Å². The van der Waals surface area contributed by atoms with Crippen LogP contribution in [0.15, 0.2) is 12.1 Å². The van der Waals surface area contributed by atoms with Crippen molar-refractivity contribution in [2.24, 2.45) is 0 Å². The van der Waals surface area contributed by atoms with E-state index in [0.29, 0.717) is 12.6 Å². The zero-order chi connectivity index (χ0) is 17.0. The quantitative estimate of drug-likeness (QED) is 0.929. The minimum atomic E-state index is -0.441. The van der Waals surface area contributed by atoms with Crippen molar-refractivity contribution in [1.82, 2.24) is 15.2 Å². The smallest absolute Gasteiger partial charge is 0.410 e. The molecule has 0 aliphatic carbocycles. The molecule has 1 amide bonds. The Morgan fingerprint density at radius 1 is 1.35 bits per heavy atom. The normalized spacial score (nSPS) is 18.8. The molecule has 0 saturated carbocycles. The van der Waals surface area contributed by atoms with Crippen LogP contribution >= 0.6 is 0 Å². The monoisotopic (exact) mass is 319 g/mol. The van der Waals surface area contributed by atoms with Crippen LogP contribution in [-0.2, 0) is 11.3 Å². The summed E-state index contributed by atoms with van der Waals surface area (Å²) in [6.07, 6.45) is 1.88. The van der Waals surface area contributed by atoms with Crippen LogP contribution in [0.25, 0.3) is 0 Å². The van der Waals surface area contributed by atoms with Crippen molar-refractivity contribution in [3.05, 3.63) is 29.1 Å². The molecule has 128 valence electrons. The van der Waals surface area contributed by atoms with Crippen LogP contribution < -0.4 is 5.32 Å². The molecule has 1 aromatic rings. The van der Waals surface area contributed by atoms with E-state index in [9.17, 15) is 4.79 Å². The van der Waals surface area contributed by atoms with Crippen LogP contribution in [0.2, 0.25) is 0 Å². The zero-order valence-electron chi connectivity index (χ0n) is 15.0. The van der Waals surface area contributed by atoms with E-state index < -0.39 is 5.60 Å². The van der Waals surface area contributed by atoms with Gasteiger partial charge in [-0.25, -0.2) is 4.79 Å². The average Bonchev–Trinajstić information content (AvgIpc) is 2.43. The van der Waals surface area contributed by atoms with Gasteiger partial charge in [0.1, 0.15) is 5.60 Å². The molecule has 1 aliphatic rings. The maximum absolute atomic E-state index is 12.2. The lowest BCUT2D eigenvalue weighted by Gasteiger charge is -2.34. The molecule has 0 spiro atoms. The van der Waals surface area contributed by atoms with Gasteiger partial charge in [-0.1, -0.05) is 0 Å². The Bertz CT molecular complexity index is 531. The summed E-state index contributed by atoms with van der Waals surface area (Å²) in [6, 6.07) is 4.52. The molecule has 1 atom stereocenters. The highest BCUT2D eigenvalue weighted by Gasteiger charge is 2.27. The molecule has 1 aliphatic heterocycles. The molecule has 5 nitrogen and oxygen atoms in total. The highest BCUT2D eigenvalue weighted by molar-refractivity contribution is 5.68. The molecular formula is C18H29N3O2. The number of aromatic nitrogens is 1. The van der Waals surface area contributed by atoms with E-state index in [0.717, 1.165) is 37.3 Å². The second-order valence-corrected chi connectivity index (χ2v) is 7.40. The van der Waals surface area contributed by atoms with Crippen LogP contribution in [0, 0.1) is 13.8 Å². The Balaban J connectivity index is 1.87. The van der Waals surface area contributed by atoms with E-state index in [1.165, 1.54) is 5.56 Å². The van der Waals surface area contributed by atoms with Gasteiger partial charge in [-0.05, 0) is 65.2 Å². The largest absolute Gasteiger partial charge is 0.444 e. The number of pyridine rings is 1. The minimum Gasteiger partial charge on any atom is -0.444 e. The summed E-state index contributed by atoms with van der Waals surface area (Å²) in [5.41, 5.74) is 2.88. The van der Waals surface area contributed by atoms with E-state index in [2.05, 4.69) is 22.4 Å². The first-order valence-electron chi connectivity index (χ1n) is 8.38. The van der Waals surface area contributed by atoms with E-state index >= 15 is 0 Å². The maximum Gasteiger partial charge on any atom is 0.410 e. The number of rotatable bonds is 3. The van der Waals surface area contributed by atoms with Gasteiger partial charge in [0.25, 0.3) is 0 Å². The highest BCUT2D eigenvalue weighted by atomic mass is 16.6. The number of aryl methyl sites for hydroxylation is 2. The van der Waals surface area contributed by atoms with Crippen molar-refractivity contribution in [2.45, 2.75) is 65.6 Å². The van der Waals surface area contributed by atoms with Gasteiger partial charge in [-0.15, -0.1) is 0 Å². The van der Waals surface area contributed by atoms with Gasteiger partial charge in [0.2, 0.25) is 0 Å². The first kappa shape index (κ1) is 17.7. The molecule has 2 heterocycles. The molecule has 1 aromatic heterocycles. The summed E-state index contributed by atoms with van der Waals surface area (Å²) in [5, 5.41) is 3.56. The lowest BCUT2D eigenvalue weighted by Crippen LogP contribution is -2.49. The van der Waals surface area contributed by atoms with Gasteiger partial charge in [-0.2, -0.15) is 0 Å². The number of ether oxygens (including phenoxy) is 1. The molecule has 2 rings (SSSR count). The second kappa shape index (κ2) is 7.30. The fourth-order valence-corrected chi connectivity index (χ4v) is 2.92. The fraction of sp³-hybridized carbons (Fsp3) is 0.667. The minimum absolute atomic E-state index is 0.209. The lowest BCUT2D eigenvalue weighted by atomic mass is 10.1. The molecule has 23 heavy (non-hydrogen) atoms. The Morgan fingerprint density at radius 2 is 2.00 bits per heavy atom. The maximum atomic E-state index is 12.2. The van der Waals surface area contributed by atoms with Crippen LogP contribution in [0.1, 0.15) is 50.6 Å². The molecule has 0 aromatic carbocycles. The Labute approximate surface area is 139 Å². The fourth-order valence-electron chi connectivity index (χ4n) is 2.92. The molecular weight excluding hydrogens is 290 g/mol. The summed E-state index contributed by atoms with van der Waals surface area (Å²) in [6.45, 7) is 12.0. The van der Waals surface area contributed by atoms with Gasteiger partial charge >= 0.3 is 6.09 Å². The van der Waals surface area contributed by atoms with Crippen LogP contribution in [-0.4, -0.2) is 40.7 Å². The van der Waals surface area contributed by atoms with Crippen molar-refractivity contribution in [1.29, 1.82) is 0 Å². The standard InChI is InChI=1S/C18H29N3O2/c1-13-9-15(10-14(2)20-13)11-19-16-7-6-8-21(12-16)17(22)23-18(3,4)5/h9-10,16,19H,6-8,11-12H2,1-5H3/t16-/m0/s1. The van der Waals surface area contributed by atoms with Crippen LogP contribution in [0.5, 0.6) is 0 Å². The predicted molar refractivity (Wildman–Crippen MR) is 91.4 cm³/mol. The molecule has 0 bridgehead atoms. The number of likely N-dealkylation sites (tertiary alicyclic amines) is 1. The van der Waals surface area contributed by atoms with Crippen molar-refractivity contribution in [3.8, 4) is 0 Å². The van der Waals surface area contributed by atoms with Gasteiger partial charge < -0.3 is 15.0 Å². The Morgan fingerprint density at radius 3 is 2.61 bits per heavy atom. The summed E-state index contributed by atoms with van der Waals surface area (Å²) < 4.78 is 5.47. The molecule has 0 radical (unpaired) electrons. The first-order chi connectivity index (χ1) is 10.7. The number of hydrogen-bond acceptors (Lipinski definition) is 4. The molecule has 1 fully saturated rings. The van der Waals surface area contributed by atoms with Crippen molar-refractivity contribution in [3.63, 3.8) is 0 Å². The summed E-state index contributed by atoms with van der Waals surface area (Å²) in [7, 11) is 0. The third kappa shape index (κ3) is 5.82. The van der Waals surface area contributed by atoms with Crippen LogP contribution in [0.4, 0.5) is 4.79 Å². The number of carbonyl (C=O) groups excluding carboxylic acids is 1. The Kier molecular flexibility index (Phi) is 5.63. The first-order valence-corrected chi connectivity index (χ1v) is 8.38. The lowest BCUT2D eigenvalue weighted by molar-refractivity contribution is 0.0187. The summed E-state index contributed by atoms with van der Waals surface area (Å²) in [4.78, 5) is 18.4. The average molecular weight is 319 g/mol. The number of amides is 1. The van der Waals surface area contributed by atoms with Gasteiger partial charge in [0.05, 0.1) is 0 Å². The number of nitrogens with zero attached hydrogens (tertiary/aromatic N) is 2. The Hall–Kier alpha value is -1.62. The third-order valence-corrected chi connectivity index (χ3v) is 3.81. The number of carbonyl (C=O) groups is 1. The molecule has 0 unspecified atom stereocenters. The second-order valence-electron chi connectivity index (χ2n) is 7.40. The number of nitrogens with one attached hydrogen (secondary N) is 1. The highest BCUT2D eigenvalue weighted by Crippen LogP contribution is 2.16. The van der Waals surface area contributed by atoms with Gasteiger partial charge in [0.15, 0.2) is 0 Å². The predicted octanol–water partition coefficient (Wildman–Crippen LogP) is 3.19. The summed E-state index contributed by atoms with van der Waals surface area (Å²) >= 11 is 0. The number of piperidine rings is 1. The molecule has 1 saturated heterocycles.